The molecular formula is C27H31N7O3. The Morgan fingerprint density at radius 1 is 1.05 bits per heavy atom. The molecule has 2 heterocycles. The lowest BCUT2D eigenvalue weighted by atomic mass is 10.0. The average molecular weight is 502 g/mol. The second-order valence-corrected chi connectivity index (χ2v) is 9.28. The fourth-order valence-corrected chi connectivity index (χ4v) is 4.22. The molecule has 37 heavy (non-hydrogen) atoms. The highest BCUT2D eigenvalue weighted by Crippen LogP contribution is 2.23. The van der Waals surface area contributed by atoms with Crippen molar-refractivity contribution in [2.45, 2.75) is 26.4 Å². The number of nitriles is 1. The number of aromatic nitrogens is 2. The van der Waals surface area contributed by atoms with Crippen LogP contribution in [-0.2, 0) is 16.1 Å². The first kappa shape index (κ1) is 25.9. The van der Waals surface area contributed by atoms with Crippen LogP contribution in [0.4, 0.5) is 16.3 Å². The fraction of sp³-hybridized carbons (Fsp3) is 0.370. The Balaban J connectivity index is 1.42. The maximum Gasteiger partial charge on any atom is 0.328 e. The molecule has 2 aromatic carbocycles. The molecule has 0 bridgehead atoms. The van der Waals surface area contributed by atoms with E-state index in [1.807, 2.05) is 38.1 Å². The first-order chi connectivity index (χ1) is 17.9. The Morgan fingerprint density at radius 3 is 2.41 bits per heavy atom. The van der Waals surface area contributed by atoms with Crippen molar-refractivity contribution in [1.82, 2.24) is 19.8 Å². The molecule has 1 aromatic heterocycles. The second kappa shape index (κ2) is 11.7. The van der Waals surface area contributed by atoms with E-state index < -0.39 is 6.04 Å². The lowest BCUT2D eigenvalue weighted by molar-refractivity contribution is -0.142. The van der Waals surface area contributed by atoms with Crippen molar-refractivity contribution in [3.63, 3.8) is 0 Å². The zero-order chi connectivity index (χ0) is 26.4. The molecule has 1 aliphatic heterocycles. The number of urea groups is 1. The van der Waals surface area contributed by atoms with Crippen molar-refractivity contribution in [1.29, 1.82) is 5.26 Å². The van der Waals surface area contributed by atoms with Gasteiger partial charge in [0.05, 0.1) is 30.8 Å². The van der Waals surface area contributed by atoms with Crippen LogP contribution in [-0.4, -0.2) is 71.1 Å². The SMILES string of the molecule is COC(=O)[C@@H](Nc1nc(CN2CCN(C(=O)Nc3ccc(C#N)cc3)CC2)nc2ccccc12)C(C)C. The van der Waals surface area contributed by atoms with E-state index in [4.69, 9.17) is 20.0 Å². The number of carbonyl (C=O) groups excluding carboxylic acids is 2. The van der Waals surface area contributed by atoms with Gasteiger partial charge in [-0.1, -0.05) is 26.0 Å². The summed E-state index contributed by atoms with van der Waals surface area (Å²) in [5.41, 5.74) is 2.00. The maximum absolute atomic E-state index is 12.7. The topological polar surface area (TPSA) is 123 Å². The number of amides is 2. The molecule has 2 amide bonds. The van der Waals surface area contributed by atoms with Crippen molar-refractivity contribution in [3.8, 4) is 6.07 Å². The molecular weight excluding hydrogens is 470 g/mol. The number of benzene rings is 2. The number of nitrogens with zero attached hydrogens (tertiary/aromatic N) is 5. The van der Waals surface area contributed by atoms with Crippen LogP contribution in [0.3, 0.4) is 0 Å². The monoisotopic (exact) mass is 501 g/mol. The molecule has 0 saturated carbocycles. The molecule has 192 valence electrons. The summed E-state index contributed by atoms with van der Waals surface area (Å²) in [5, 5.41) is 15.9. The molecule has 1 fully saturated rings. The molecule has 0 aliphatic carbocycles. The molecule has 1 atom stereocenters. The van der Waals surface area contributed by atoms with Gasteiger partial charge in [-0.15, -0.1) is 0 Å². The third-order valence-corrected chi connectivity index (χ3v) is 6.35. The van der Waals surface area contributed by atoms with E-state index in [2.05, 4.69) is 21.6 Å². The third kappa shape index (κ3) is 6.32. The minimum absolute atomic E-state index is 0.00753. The van der Waals surface area contributed by atoms with Gasteiger partial charge in [-0.2, -0.15) is 5.26 Å². The van der Waals surface area contributed by atoms with Crippen LogP contribution in [0.1, 0.15) is 25.2 Å². The first-order valence-corrected chi connectivity index (χ1v) is 12.3. The number of esters is 1. The maximum atomic E-state index is 12.7. The van der Waals surface area contributed by atoms with E-state index in [-0.39, 0.29) is 17.9 Å². The van der Waals surface area contributed by atoms with Crippen LogP contribution < -0.4 is 10.6 Å². The summed E-state index contributed by atoms with van der Waals surface area (Å²) in [6.45, 7) is 6.92. The zero-order valence-electron chi connectivity index (χ0n) is 21.3. The summed E-state index contributed by atoms with van der Waals surface area (Å²) in [6, 6.07) is 15.9. The third-order valence-electron chi connectivity index (χ3n) is 6.35. The molecule has 10 heteroatoms. The van der Waals surface area contributed by atoms with E-state index in [1.54, 1.807) is 29.2 Å². The number of hydrogen-bond donors (Lipinski definition) is 2. The number of piperazine rings is 1. The van der Waals surface area contributed by atoms with E-state index in [0.717, 1.165) is 10.9 Å². The smallest absolute Gasteiger partial charge is 0.328 e. The Morgan fingerprint density at radius 2 is 1.76 bits per heavy atom. The van der Waals surface area contributed by atoms with Crippen molar-refractivity contribution in [3.05, 3.63) is 59.9 Å². The molecule has 2 N–H and O–H groups in total. The van der Waals surface area contributed by atoms with Gasteiger partial charge in [0.2, 0.25) is 0 Å². The zero-order valence-corrected chi connectivity index (χ0v) is 21.3. The number of rotatable bonds is 7. The van der Waals surface area contributed by atoms with Gasteiger partial charge in [-0.05, 0) is 42.3 Å². The Labute approximate surface area is 216 Å². The molecule has 10 nitrogen and oxygen atoms in total. The number of ether oxygens (including phenoxy) is 1. The summed E-state index contributed by atoms with van der Waals surface area (Å²) in [4.78, 5) is 38.5. The van der Waals surface area contributed by atoms with Crippen molar-refractivity contribution >= 4 is 34.4 Å². The number of methoxy groups -OCH3 is 1. The van der Waals surface area contributed by atoms with Crippen molar-refractivity contribution < 1.29 is 14.3 Å². The average Bonchev–Trinajstić information content (AvgIpc) is 2.91. The Hall–Kier alpha value is -4.23. The van der Waals surface area contributed by atoms with E-state index in [1.165, 1.54) is 7.11 Å². The van der Waals surface area contributed by atoms with E-state index in [0.29, 0.717) is 55.6 Å². The summed E-state index contributed by atoms with van der Waals surface area (Å²) < 4.78 is 4.98. The predicted octanol–water partition coefficient (Wildman–Crippen LogP) is 3.46. The highest BCUT2D eigenvalue weighted by atomic mass is 16.5. The van der Waals surface area contributed by atoms with E-state index in [9.17, 15) is 9.59 Å². The lowest BCUT2D eigenvalue weighted by Gasteiger charge is -2.34. The number of carbonyl (C=O) groups is 2. The number of hydrogen-bond acceptors (Lipinski definition) is 8. The standard InChI is InChI=1S/C27H31N7O3/c1-18(2)24(26(35)37-3)32-25-21-6-4-5-7-22(21)30-23(31-25)17-33-12-14-34(15-13-33)27(36)29-20-10-8-19(16-28)9-11-20/h4-11,18,24H,12-15,17H2,1-3H3,(H,29,36)(H,30,31,32)/t24-/m0/s1. The number of nitrogens with one attached hydrogen (secondary N) is 2. The molecule has 1 saturated heterocycles. The molecule has 0 spiro atoms. The van der Waals surface area contributed by atoms with Gasteiger partial charge in [0.15, 0.2) is 0 Å². The van der Waals surface area contributed by atoms with Gasteiger partial charge in [-0.25, -0.2) is 19.6 Å². The second-order valence-electron chi connectivity index (χ2n) is 9.28. The quantitative estimate of drug-likeness (QED) is 0.472. The number of fused-ring (bicyclic) bond motifs is 1. The molecule has 0 unspecified atom stereocenters. The van der Waals surface area contributed by atoms with Gasteiger partial charge >= 0.3 is 12.0 Å². The lowest BCUT2D eigenvalue weighted by Crippen LogP contribution is -2.49. The summed E-state index contributed by atoms with van der Waals surface area (Å²) in [6.07, 6.45) is 0. The normalized spacial score (nSPS) is 14.7. The summed E-state index contributed by atoms with van der Waals surface area (Å²) in [5.74, 6) is 0.914. The molecule has 4 rings (SSSR count). The Bertz CT molecular complexity index is 1300. The minimum Gasteiger partial charge on any atom is -0.467 e. The summed E-state index contributed by atoms with van der Waals surface area (Å²) >= 11 is 0. The fourth-order valence-electron chi connectivity index (χ4n) is 4.22. The number of anilines is 2. The van der Waals surface area contributed by atoms with Crippen LogP contribution in [0.2, 0.25) is 0 Å². The van der Waals surface area contributed by atoms with Crippen LogP contribution in [0, 0.1) is 17.2 Å². The first-order valence-electron chi connectivity index (χ1n) is 12.3. The molecule has 3 aromatic rings. The Kier molecular flexibility index (Phi) is 8.15. The van der Waals surface area contributed by atoms with Crippen molar-refractivity contribution in [2.24, 2.45) is 5.92 Å². The van der Waals surface area contributed by atoms with Crippen LogP contribution in [0.5, 0.6) is 0 Å². The highest BCUT2D eigenvalue weighted by Gasteiger charge is 2.25. The van der Waals surface area contributed by atoms with Crippen LogP contribution in [0.25, 0.3) is 10.9 Å². The molecule has 0 radical (unpaired) electrons. The molecule has 1 aliphatic rings. The van der Waals surface area contributed by atoms with Crippen LogP contribution in [0.15, 0.2) is 48.5 Å². The van der Waals surface area contributed by atoms with Gasteiger partial charge in [0, 0.05) is 37.3 Å². The van der Waals surface area contributed by atoms with Gasteiger partial charge in [0.1, 0.15) is 17.7 Å². The van der Waals surface area contributed by atoms with Gasteiger partial charge in [0.25, 0.3) is 0 Å². The number of para-hydroxylation sites is 1. The van der Waals surface area contributed by atoms with Gasteiger partial charge in [-0.3, -0.25) is 4.90 Å². The summed E-state index contributed by atoms with van der Waals surface area (Å²) in [7, 11) is 1.38. The van der Waals surface area contributed by atoms with E-state index >= 15 is 0 Å². The largest absolute Gasteiger partial charge is 0.467 e. The van der Waals surface area contributed by atoms with Crippen molar-refractivity contribution in [2.75, 3.05) is 43.9 Å². The van der Waals surface area contributed by atoms with Gasteiger partial charge < -0.3 is 20.3 Å². The minimum atomic E-state index is -0.533. The predicted molar refractivity (Wildman–Crippen MR) is 141 cm³/mol. The highest BCUT2D eigenvalue weighted by molar-refractivity contribution is 5.91. The van der Waals surface area contributed by atoms with Crippen LogP contribution >= 0.6 is 0 Å².